The van der Waals surface area contributed by atoms with Crippen LogP contribution in [0.5, 0.6) is 0 Å². The lowest BCUT2D eigenvalue weighted by atomic mass is 9.80. The van der Waals surface area contributed by atoms with E-state index in [1.165, 1.54) is 16.8 Å². The molecule has 2 aromatic heterocycles. The fourth-order valence-electron chi connectivity index (χ4n) is 4.52. The first kappa shape index (κ1) is 17.9. The number of rotatable bonds is 2. The number of hydrogen-bond donors (Lipinski definition) is 1. The van der Waals surface area contributed by atoms with Gasteiger partial charge < -0.3 is 5.32 Å². The molecule has 1 atom stereocenters. The summed E-state index contributed by atoms with van der Waals surface area (Å²) < 4.78 is 1.86. The summed E-state index contributed by atoms with van der Waals surface area (Å²) in [4.78, 5) is 9.09. The summed E-state index contributed by atoms with van der Waals surface area (Å²) in [7, 11) is 0. The molecule has 2 aromatic carbocycles. The van der Waals surface area contributed by atoms with Gasteiger partial charge in [-0.15, -0.1) is 5.10 Å². The molecule has 1 aliphatic rings. The Morgan fingerprint density at radius 1 is 1.10 bits per heavy atom. The quantitative estimate of drug-likeness (QED) is 0.499. The number of hydrogen-bond acceptors (Lipinski definition) is 4. The molecule has 5 heteroatoms. The van der Waals surface area contributed by atoms with Gasteiger partial charge in [0.05, 0.1) is 5.69 Å². The first-order valence-corrected chi connectivity index (χ1v) is 10.1. The first-order chi connectivity index (χ1) is 13.9. The molecule has 29 heavy (non-hydrogen) atoms. The van der Waals surface area contributed by atoms with Crippen LogP contribution in [0.1, 0.15) is 44.2 Å². The minimum atomic E-state index is 0.0836. The van der Waals surface area contributed by atoms with Crippen molar-refractivity contribution in [3.63, 3.8) is 0 Å². The molecular formula is C24H25N5. The van der Waals surface area contributed by atoms with E-state index in [9.17, 15) is 0 Å². The Morgan fingerprint density at radius 2 is 1.90 bits per heavy atom. The fourth-order valence-corrected chi connectivity index (χ4v) is 4.52. The Balaban J connectivity index is 1.67. The van der Waals surface area contributed by atoms with E-state index in [2.05, 4.69) is 55.1 Å². The van der Waals surface area contributed by atoms with Gasteiger partial charge in [0.15, 0.2) is 5.82 Å². The molecule has 0 saturated carbocycles. The van der Waals surface area contributed by atoms with E-state index < -0.39 is 0 Å². The highest BCUT2D eigenvalue weighted by Gasteiger charge is 2.30. The summed E-state index contributed by atoms with van der Waals surface area (Å²) in [5.74, 6) is 1.83. The molecule has 3 heterocycles. The lowest BCUT2D eigenvalue weighted by Crippen LogP contribution is -2.36. The number of anilines is 1. The van der Waals surface area contributed by atoms with E-state index in [0.717, 1.165) is 23.2 Å². The average Bonchev–Trinajstić information content (AvgIpc) is 3.13. The van der Waals surface area contributed by atoms with Crippen LogP contribution in [0.15, 0.2) is 54.7 Å². The summed E-state index contributed by atoms with van der Waals surface area (Å²) >= 11 is 0. The van der Waals surface area contributed by atoms with Crippen molar-refractivity contribution in [2.75, 3.05) is 5.32 Å². The Hall–Kier alpha value is -3.21. The molecule has 4 aromatic rings. The molecule has 1 N–H and O–H groups in total. The normalized spacial score (nSPS) is 17.7. The number of aryl methyl sites for hydroxylation is 1. The Bertz CT molecular complexity index is 1210. The van der Waals surface area contributed by atoms with Gasteiger partial charge in [0.2, 0.25) is 0 Å². The topological polar surface area (TPSA) is 55.1 Å². The van der Waals surface area contributed by atoms with Gasteiger partial charge in [0, 0.05) is 28.6 Å². The second-order valence-corrected chi connectivity index (χ2v) is 8.71. The molecule has 0 spiro atoms. The SMILES string of the molecule is Cc1cc2c(cc1-c1ccnc3nc(-c4ccccc4)nn13)NC(C)(C)C[C@@H]2C. The maximum absolute atomic E-state index is 4.78. The molecule has 0 aliphatic carbocycles. The van der Waals surface area contributed by atoms with Crippen molar-refractivity contribution in [3.8, 4) is 22.6 Å². The zero-order valence-corrected chi connectivity index (χ0v) is 17.3. The predicted octanol–water partition coefficient (Wildman–Crippen LogP) is 5.46. The van der Waals surface area contributed by atoms with Crippen molar-refractivity contribution in [2.24, 2.45) is 0 Å². The highest BCUT2D eigenvalue weighted by Crippen LogP contribution is 2.41. The van der Waals surface area contributed by atoms with E-state index in [4.69, 9.17) is 5.10 Å². The molecule has 5 nitrogen and oxygen atoms in total. The van der Waals surface area contributed by atoms with Crippen LogP contribution in [0.25, 0.3) is 28.4 Å². The Kier molecular flexibility index (Phi) is 3.95. The molecule has 0 unspecified atom stereocenters. The molecule has 0 radical (unpaired) electrons. The zero-order chi connectivity index (χ0) is 20.2. The summed E-state index contributed by atoms with van der Waals surface area (Å²) in [6.07, 6.45) is 2.94. The van der Waals surface area contributed by atoms with Gasteiger partial charge in [0.25, 0.3) is 5.78 Å². The van der Waals surface area contributed by atoms with Gasteiger partial charge in [-0.25, -0.2) is 4.98 Å². The average molecular weight is 383 g/mol. The van der Waals surface area contributed by atoms with E-state index in [1.807, 2.05) is 47.1 Å². The van der Waals surface area contributed by atoms with Crippen LogP contribution in [0.3, 0.4) is 0 Å². The van der Waals surface area contributed by atoms with Crippen molar-refractivity contribution < 1.29 is 0 Å². The lowest BCUT2D eigenvalue weighted by Gasteiger charge is -2.38. The first-order valence-electron chi connectivity index (χ1n) is 10.1. The molecule has 0 saturated heterocycles. The minimum absolute atomic E-state index is 0.0836. The second-order valence-electron chi connectivity index (χ2n) is 8.71. The molecule has 146 valence electrons. The number of nitrogens with zero attached hydrogens (tertiary/aromatic N) is 4. The molecule has 5 rings (SSSR count). The third kappa shape index (κ3) is 3.07. The molecular weight excluding hydrogens is 358 g/mol. The number of aromatic nitrogens is 4. The van der Waals surface area contributed by atoms with E-state index in [1.54, 1.807) is 0 Å². The van der Waals surface area contributed by atoms with Gasteiger partial charge in [0.1, 0.15) is 0 Å². The fraction of sp³-hybridized carbons (Fsp3) is 0.292. The number of benzene rings is 2. The van der Waals surface area contributed by atoms with Crippen LogP contribution in [-0.2, 0) is 0 Å². The van der Waals surface area contributed by atoms with E-state index in [-0.39, 0.29) is 5.54 Å². The largest absolute Gasteiger partial charge is 0.380 e. The smallest absolute Gasteiger partial charge is 0.253 e. The van der Waals surface area contributed by atoms with Crippen LogP contribution < -0.4 is 5.32 Å². The number of fused-ring (bicyclic) bond motifs is 2. The van der Waals surface area contributed by atoms with Gasteiger partial charge in [-0.1, -0.05) is 43.3 Å². The van der Waals surface area contributed by atoms with E-state index >= 15 is 0 Å². The van der Waals surface area contributed by atoms with Crippen LogP contribution in [-0.4, -0.2) is 25.1 Å². The predicted molar refractivity (Wildman–Crippen MR) is 117 cm³/mol. The third-order valence-electron chi connectivity index (χ3n) is 5.77. The Morgan fingerprint density at radius 3 is 2.69 bits per heavy atom. The summed E-state index contributed by atoms with van der Waals surface area (Å²) in [5.41, 5.74) is 7.06. The second kappa shape index (κ2) is 6.41. The van der Waals surface area contributed by atoms with Crippen molar-refractivity contribution >= 4 is 11.5 Å². The molecule has 0 amide bonds. The summed E-state index contributed by atoms with van der Waals surface area (Å²) in [6.45, 7) is 9.01. The standard InChI is InChI=1S/C24H25N5/c1-15-12-18-16(2)14-24(3,4)27-20(18)13-19(15)21-10-11-25-23-26-22(28-29(21)23)17-8-6-5-7-9-17/h5-13,16,27H,14H2,1-4H3/t16-/m0/s1. The highest BCUT2D eigenvalue weighted by atomic mass is 15.3. The zero-order valence-electron chi connectivity index (χ0n) is 17.3. The Labute approximate surface area is 170 Å². The van der Waals surface area contributed by atoms with Crippen molar-refractivity contribution in [2.45, 2.75) is 45.6 Å². The van der Waals surface area contributed by atoms with Gasteiger partial charge in [-0.3, -0.25) is 0 Å². The molecule has 0 fully saturated rings. The maximum Gasteiger partial charge on any atom is 0.253 e. The lowest BCUT2D eigenvalue weighted by molar-refractivity contribution is 0.454. The van der Waals surface area contributed by atoms with Crippen LogP contribution in [0.2, 0.25) is 0 Å². The van der Waals surface area contributed by atoms with Crippen molar-refractivity contribution in [1.82, 2.24) is 19.6 Å². The minimum Gasteiger partial charge on any atom is -0.380 e. The molecule has 1 aliphatic heterocycles. The van der Waals surface area contributed by atoms with Gasteiger partial charge in [-0.05, 0) is 56.4 Å². The van der Waals surface area contributed by atoms with E-state index in [0.29, 0.717) is 17.5 Å². The number of nitrogens with one attached hydrogen (secondary N) is 1. The van der Waals surface area contributed by atoms with Crippen LogP contribution in [0, 0.1) is 6.92 Å². The third-order valence-corrected chi connectivity index (χ3v) is 5.77. The van der Waals surface area contributed by atoms with Gasteiger partial charge in [-0.2, -0.15) is 9.50 Å². The summed E-state index contributed by atoms with van der Waals surface area (Å²) in [6, 6.07) is 16.6. The summed E-state index contributed by atoms with van der Waals surface area (Å²) in [5, 5.41) is 8.50. The monoisotopic (exact) mass is 383 g/mol. The molecule has 0 bridgehead atoms. The van der Waals surface area contributed by atoms with Crippen LogP contribution in [0.4, 0.5) is 5.69 Å². The van der Waals surface area contributed by atoms with Crippen molar-refractivity contribution in [3.05, 3.63) is 65.9 Å². The van der Waals surface area contributed by atoms with Crippen molar-refractivity contribution in [1.29, 1.82) is 0 Å². The van der Waals surface area contributed by atoms with Gasteiger partial charge >= 0.3 is 0 Å². The van der Waals surface area contributed by atoms with Crippen LogP contribution >= 0.6 is 0 Å². The maximum atomic E-state index is 4.78. The highest BCUT2D eigenvalue weighted by molar-refractivity contribution is 5.74.